The molecule has 2 aromatic rings. The highest BCUT2D eigenvalue weighted by atomic mass is 16.5. The first kappa shape index (κ1) is 20.4. The fourth-order valence-electron chi connectivity index (χ4n) is 4.35. The first-order valence-electron chi connectivity index (χ1n) is 10.8. The molecule has 1 aromatic carbocycles. The molecule has 1 unspecified atom stereocenters. The summed E-state index contributed by atoms with van der Waals surface area (Å²) in [4.78, 5) is 34.0. The van der Waals surface area contributed by atoms with Crippen LogP contribution in [0.4, 0.5) is 0 Å². The van der Waals surface area contributed by atoms with E-state index in [0.29, 0.717) is 31.9 Å². The lowest BCUT2D eigenvalue weighted by atomic mass is 10.1. The van der Waals surface area contributed by atoms with Crippen molar-refractivity contribution in [2.24, 2.45) is 0 Å². The number of amides is 2. The third kappa shape index (κ3) is 4.64. The van der Waals surface area contributed by atoms with Gasteiger partial charge in [-0.15, -0.1) is 0 Å². The van der Waals surface area contributed by atoms with Crippen molar-refractivity contribution in [3.05, 3.63) is 59.8 Å². The maximum atomic E-state index is 13.2. The number of aromatic nitrogens is 1. The van der Waals surface area contributed by atoms with E-state index in [0.717, 1.165) is 36.8 Å². The minimum atomic E-state index is -0.322. The first-order chi connectivity index (χ1) is 14.6. The quantitative estimate of drug-likeness (QED) is 0.764. The number of rotatable bonds is 5. The van der Waals surface area contributed by atoms with E-state index in [4.69, 9.17) is 4.74 Å². The molecule has 30 heavy (non-hydrogen) atoms. The van der Waals surface area contributed by atoms with Gasteiger partial charge in [0.15, 0.2) is 0 Å². The maximum Gasteiger partial charge on any atom is 0.245 e. The Kier molecular flexibility index (Phi) is 6.31. The van der Waals surface area contributed by atoms with E-state index < -0.39 is 0 Å². The van der Waals surface area contributed by atoms with Crippen LogP contribution in [0.5, 0.6) is 5.88 Å². The second kappa shape index (κ2) is 9.28. The van der Waals surface area contributed by atoms with Gasteiger partial charge in [0.25, 0.3) is 0 Å². The summed E-state index contributed by atoms with van der Waals surface area (Å²) in [7, 11) is 0. The lowest BCUT2D eigenvalue weighted by Crippen LogP contribution is -2.51. The van der Waals surface area contributed by atoms with E-state index in [2.05, 4.69) is 4.98 Å². The minimum absolute atomic E-state index is 0.0425. The molecule has 0 aliphatic carbocycles. The molecule has 2 aliphatic heterocycles. The molecule has 1 aromatic heterocycles. The zero-order valence-corrected chi connectivity index (χ0v) is 17.5. The van der Waals surface area contributed by atoms with Crippen LogP contribution in [-0.4, -0.2) is 58.4 Å². The summed E-state index contributed by atoms with van der Waals surface area (Å²) in [6.45, 7) is 3.97. The Hall–Kier alpha value is -2.89. The van der Waals surface area contributed by atoms with Gasteiger partial charge in [0.05, 0.1) is 6.42 Å². The van der Waals surface area contributed by atoms with Crippen LogP contribution in [0.3, 0.4) is 0 Å². The monoisotopic (exact) mass is 407 g/mol. The van der Waals surface area contributed by atoms with Gasteiger partial charge in [-0.05, 0) is 31.4 Å². The third-order valence-corrected chi connectivity index (χ3v) is 6.05. The van der Waals surface area contributed by atoms with E-state index in [1.54, 1.807) is 11.1 Å². The molecule has 0 bridgehead atoms. The summed E-state index contributed by atoms with van der Waals surface area (Å²) < 4.78 is 6.05. The van der Waals surface area contributed by atoms with Gasteiger partial charge < -0.3 is 14.5 Å². The van der Waals surface area contributed by atoms with Crippen molar-refractivity contribution in [2.45, 2.75) is 51.2 Å². The van der Waals surface area contributed by atoms with Crippen LogP contribution < -0.4 is 4.74 Å². The molecule has 2 amide bonds. The Morgan fingerprint density at radius 3 is 2.53 bits per heavy atom. The third-order valence-electron chi connectivity index (χ3n) is 6.05. The van der Waals surface area contributed by atoms with Crippen LogP contribution in [-0.2, 0) is 16.0 Å². The van der Waals surface area contributed by atoms with Crippen molar-refractivity contribution in [2.75, 3.05) is 19.6 Å². The highest BCUT2D eigenvalue weighted by Gasteiger charge is 2.37. The second-order valence-electron chi connectivity index (χ2n) is 8.18. The smallest absolute Gasteiger partial charge is 0.245 e. The van der Waals surface area contributed by atoms with Crippen LogP contribution in [0.1, 0.15) is 36.8 Å². The van der Waals surface area contributed by atoms with Crippen molar-refractivity contribution in [3.8, 4) is 5.88 Å². The van der Waals surface area contributed by atoms with Crippen LogP contribution in [0, 0.1) is 6.92 Å². The number of hydrogen-bond donors (Lipinski definition) is 0. The van der Waals surface area contributed by atoms with Gasteiger partial charge in [-0.1, -0.05) is 36.4 Å². The topological polar surface area (TPSA) is 62.7 Å². The summed E-state index contributed by atoms with van der Waals surface area (Å²) in [6, 6.07) is 13.3. The van der Waals surface area contributed by atoms with E-state index in [-0.39, 0.29) is 24.0 Å². The summed E-state index contributed by atoms with van der Waals surface area (Å²) >= 11 is 0. The van der Waals surface area contributed by atoms with Gasteiger partial charge >= 0.3 is 0 Å². The number of piperidine rings is 1. The van der Waals surface area contributed by atoms with E-state index >= 15 is 0 Å². The number of hydrogen-bond acceptors (Lipinski definition) is 4. The van der Waals surface area contributed by atoms with Crippen molar-refractivity contribution in [1.82, 2.24) is 14.8 Å². The molecule has 0 N–H and O–H groups in total. The maximum absolute atomic E-state index is 13.2. The fraction of sp³-hybridized carbons (Fsp3) is 0.458. The number of benzene rings is 1. The molecule has 6 nitrogen and oxygen atoms in total. The summed E-state index contributed by atoms with van der Waals surface area (Å²) in [5.41, 5.74) is 2.01. The zero-order chi connectivity index (χ0) is 20.9. The molecule has 2 aliphatic rings. The van der Waals surface area contributed by atoms with Crippen LogP contribution >= 0.6 is 0 Å². The lowest BCUT2D eigenvalue weighted by molar-refractivity contribution is -0.144. The van der Waals surface area contributed by atoms with Crippen LogP contribution in [0.2, 0.25) is 0 Å². The first-order valence-corrected chi connectivity index (χ1v) is 10.8. The average Bonchev–Trinajstić information content (AvgIpc) is 3.26. The number of carbonyl (C=O) groups is 2. The molecule has 0 saturated carbocycles. The Balaban J connectivity index is 1.32. The molecular formula is C24H29N3O3. The Labute approximate surface area is 177 Å². The molecule has 6 heteroatoms. The highest BCUT2D eigenvalue weighted by molar-refractivity contribution is 5.89. The predicted octanol–water partition coefficient (Wildman–Crippen LogP) is 2.99. The van der Waals surface area contributed by atoms with Gasteiger partial charge in [-0.25, -0.2) is 4.98 Å². The summed E-state index contributed by atoms with van der Waals surface area (Å²) in [5.74, 6) is 0.804. The van der Waals surface area contributed by atoms with Crippen molar-refractivity contribution < 1.29 is 14.3 Å². The van der Waals surface area contributed by atoms with Gasteiger partial charge in [-0.3, -0.25) is 9.59 Å². The number of carbonyl (C=O) groups excluding carboxylic acids is 2. The molecule has 2 saturated heterocycles. The standard InChI is InChI=1S/C24H29N3O3/c1-18-7-5-13-25-23(18)30-20-11-15-26(16-12-20)24(29)21-10-6-14-27(21)22(28)17-19-8-3-2-4-9-19/h2-5,7-9,13,20-21H,6,10-12,14-17H2,1H3. The number of likely N-dealkylation sites (tertiary alicyclic amines) is 2. The normalized spacial score (nSPS) is 19.7. The van der Waals surface area contributed by atoms with E-state index in [9.17, 15) is 9.59 Å². The zero-order valence-electron chi connectivity index (χ0n) is 17.5. The average molecular weight is 408 g/mol. The SMILES string of the molecule is Cc1cccnc1OC1CCN(C(=O)C2CCCN2C(=O)Cc2ccccc2)CC1. The Bertz CT molecular complexity index is 878. The Morgan fingerprint density at radius 1 is 1.03 bits per heavy atom. The molecule has 1 atom stereocenters. The van der Waals surface area contributed by atoms with Crippen molar-refractivity contribution in [3.63, 3.8) is 0 Å². The second-order valence-corrected chi connectivity index (χ2v) is 8.18. The summed E-state index contributed by atoms with van der Waals surface area (Å²) in [6.07, 6.45) is 5.37. The van der Waals surface area contributed by atoms with E-state index in [1.165, 1.54) is 0 Å². The fourth-order valence-corrected chi connectivity index (χ4v) is 4.35. The predicted molar refractivity (Wildman–Crippen MR) is 114 cm³/mol. The summed E-state index contributed by atoms with van der Waals surface area (Å²) in [5, 5.41) is 0. The van der Waals surface area contributed by atoms with Gasteiger partial charge in [0.2, 0.25) is 17.7 Å². The molecule has 158 valence electrons. The lowest BCUT2D eigenvalue weighted by Gasteiger charge is -2.35. The van der Waals surface area contributed by atoms with Gasteiger partial charge in [0, 0.05) is 44.2 Å². The number of ether oxygens (including phenoxy) is 1. The van der Waals surface area contributed by atoms with Crippen molar-refractivity contribution in [1.29, 1.82) is 0 Å². The van der Waals surface area contributed by atoms with E-state index in [1.807, 2.05) is 54.3 Å². The highest BCUT2D eigenvalue weighted by Crippen LogP contribution is 2.24. The largest absolute Gasteiger partial charge is 0.474 e. The molecule has 0 radical (unpaired) electrons. The van der Waals surface area contributed by atoms with Gasteiger partial charge in [-0.2, -0.15) is 0 Å². The number of aryl methyl sites for hydroxylation is 1. The molecule has 0 spiro atoms. The van der Waals surface area contributed by atoms with Crippen LogP contribution in [0.25, 0.3) is 0 Å². The molecule has 3 heterocycles. The van der Waals surface area contributed by atoms with Crippen LogP contribution in [0.15, 0.2) is 48.7 Å². The molecular weight excluding hydrogens is 378 g/mol. The Morgan fingerprint density at radius 2 is 1.80 bits per heavy atom. The minimum Gasteiger partial charge on any atom is -0.474 e. The number of pyridine rings is 1. The van der Waals surface area contributed by atoms with Gasteiger partial charge in [0.1, 0.15) is 12.1 Å². The molecule has 4 rings (SSSR count). The number of nitrogens with zero attached hydrogens (tertiary/aromatic N) is 3. The van der Waals surface area contributed by atoms with Crippen molar-refractivity contribution >= 4 is 11.8 Å². The molecule has 2 fully saturated rings.